The lowest BCUT2D eigenvalue weighted by molar-refractivity contribution is -0.118. The minimum atomic E-state index is -3.03. The molecule has 0 unspecified atom stereocenters. The van der Waals surface area contributed by atoms with E-state index in [2.05, 4.69) is 26.0 Å². The van der Waals surface area contributed by atoms with Gasteiger partial charge in [-0.3, -0.25) is 4.79 Å². The molecule has 0 bridgehead atoms. The molecule has 3 N–H and O–H groups in total. The van der Waals surface area contributed by atoms with Crippen molar-refractivity contribution in [3.63, 3.8) is 0 Å². The smallest absolute Gasteiger partial charge is 0.387 e. The highest BCUT2D eigenvalue weighted by atomic mass is 79.9. The van der Waals surface area contributed by atoms with Crippen LogP contribution in [0.15, 0.2) is 16.6 Å². The summed E-state index contributed by atoms with van der Waals surface area (Å²) in [5.41, 5.74) is 5.72. The minimum Gasteiger partial charge on any atom is -0.431 e. The molecule has 20 heavy (non-hydrogen) atoms. The van der Waals surface area contributed by atoms with Crippen molar-refractivity contribution in [1.29, 1.82) is 0 Å². The number of amides is 1. The molecule has 0 radical (unpaired) electrons. The molecule has 8 heteroatoms. The monoisotopic (exact) mass is 370 g/mol. The molecule has 1 aromatic rings. The third-order valence-electron chi connectivity index (χ3n) is 2.49. The molecule has 0 fully saturated rings. The van der Waals surface area contributed by atoms with Crippen LogP contribution in [-0.2, 0) is 4.79 Å². The molecule has 0 saturated carbocycles. The average molecular weight is 372 g/mol. The van der Waals surface area contributed by atoms with Gasteiger partial charge < -0.3 is 15.8 Å². The van der Waals surface area contributed by atoms with E-state index in [9.17, 15) is 13.6 Å². The maximum atomic E-state index is 12.4. The van der Waals surface area contributed by atoms with Crippen LogP contribution in [0, 0.1) is 5.92 Å². The Labute approximate surface area is 128 Å². The largest absolute Gasteiger partial charge is 0.431 e. The van der Waals surface area contributed by atoms with Crippen LogP contribution in [0.2, 0.25) is 5.02 Å². The first-order chi connectivity index (χ1) is 9.22. The zero-order valence-corrected chi connectivity index (χ0v) is 13.1. The van der Waals surface area contributed by atoms with Crippen molar-refractivity contribution in [1.82, 2.24) is 0 Å². The number of hydrogen-bond donors (Lipinski definition) is 2. The minimum absolute atomic E-state index is 0.0331. The standard InChI is InChI=1S/C12H14BrClF2N2O2/c1-5(2)9(17)11(19)18-8-4-6(14)3-7(13)10(8)20-12(15)16/h3-5,9,12H,17H2,1-2H3,(H,18,19)/t9-/m0/s1. The van der Waals surface area contributed by atoms with E-state index in [1.807, 2.05) is 0 Å². The number of benzene rings is 1. The van der Waals surface area contributed by atoms with Gasteiger partial charge in [-0.05, 0) is 34.0 Å². The number of carbonyl (C=O) groups excluding carboxylic acids is 1. The zero-order chi connectivity index (χ0) is 15.4. The first-order valence-corrected chi connectivity index (χ1v) is 6.89. The summed E-state index contributed by atoms with van der Waals surface area (Å²) in [5.74, 6) is -0.806. The fourth-order valence-corrected chi connectivity index (χ4v) is 2.28. The number of hydrogen-bond acceptors (Lipinski definition) is 3. The van der Waals surface area contributed by atoms with Crippen LogP contribution in [0.4, 0.5) is 14.5 Å². The molecule has 0 aromatic heterocycles. The zero-order valence-electron chi connectivity index (χ0n) is 10.8. The Kier molecular flexibility index (Phi) is 6.16. The van der Waals surface area contributed by atoms with Crippen molar-refractivity contribution >= 4 is 39.1 Å². The van der Waals surface area contributed by atoms with Crippen molar-refractivity contribution in [3.8, 4) is 5.75 Å². The van der Waals surface area contributed by atoms with E-state index in [1.54, 1.807) is 13.8 Å². The molecule has 0 saturated heterocycles. The van der Waals surface area contributed by atoms with Gasteiger partial charge in [0, 0.05) is 5.02 Å². The highest BCUT2D eigenvalue weighted by molar-refractivity contribution is 9.10. The number of carbonyl (C=O) groups is 1. The van der Waals surface area contributed by atoms with E-state index in [0.717, 1.165) is 0 Å². The summed E-state index contributed by atoms with van der Waals surface area (Å²) in [6, 6.07) is 1.93. The summed E-state index contributed by atoms with van der Waals surface area (Å²) in [4.78, 5) is 11.9. The van der Waals surface area contributed by atoms with E-state index in [4.69, 9.17) is 17.3 Å². The van der Waals surface area contributed by atoms with E-state index >= 15 is 0 Å². The molecule has 0 aliphatic carbocycles. The molecule has 1 aromatic carbocycles. The van der Waals surface area contributed by atoms with Gasteiger partial charge in [-0.2, -0.15) is 8.78 Å². The van der Waals surface area contributed by atoms with Crippen LogP contribution < -0.4 is 15.8 Å². The molecule has 112 valence electrons. The maximum Gasteiger partial charge on any atom is 0.387 e. The van der Waals surface area contributed by atoms with E-state index in [0.29, 0.717) is 0 Å². The third kappa shape index (κ3) is 4.57. The lowest BCUT2D eigenvalue weighted by Crippen LogP contribution is -2.39. The number of anilines is 1. The molecule has 0 aliphatic rings. The highest BCUT2D eigenvalue weighted by Gasteiger charge is 2.21. The molecule has 0 aliphatic heterocycles. The number of alkyl halides is 2. The van der Waals surface area contributed by atoms with Crippen LogP contribution in [0.3, 0.4) is 0 Å². The second-order valence-corrected chi connectivity index (χ2v) is 5.69. The lowest BCUT2D eigenvalue weighted by Gasteiger charge is -2.18. The molecule has 0 spiro atoms. The SMILES string of the molecule is CC(C)[C@H](N)C(=O)Nc1cc(Cl)cc(Br)c1OC(F)F. The van der Waals surface area contributed by atoms with Crippen LogP contribution >= 0.6 is 27.5 Å². The fourth-order valence-electron chi connectivity index (χ4n) is 1.38. The molecule has 4 nitrogen and oxygen atoms in total. The second-order valence-electron chi connectivity index (χ2n) is 4.40. The van der Waals surface area contributed by atoms with E-state index < -0.39 is 18.6 Å². The summed E-state index contributed by atoms with van der Waals surface area (Å²) < 4.78 is 29.4. The van der Waals surface area contributed by atoms with Crippen molar-refractivity contribution in [3.05, 3.63) is 21.6 Å². The Hall–Kier alpha value is -0.920. The van der Waals surface area contributed by atoms with Crippen LogP contribution in [0.25, 0.3) is 0 Å². The van der Waals surface area contributed by atoms with Crippen molar-refractivity contribution < 1.29 is 18.3 Å². The Bertz CT molecular complexity index is 501. The van der Waals surface area contributed by atoms with Gasteiger partial charge in [0.15, 0.2) is 5.75 Å². The molecule has 1 rings (SSSR count). The summed E-state index contributed by atoms with van der Waals surface area (Å²) >= 11 is 8.89. The molecule has 1 atom stereocenters. The molecular formula is C12H14BrClF2N2O2. The summed E-state index contributed by atoms with van der Waals surface area (Å²) in [6.45, 7) is 0.519. The first-order valence-electron chi connectivity index (χ1n) is 5.72. The van der Waals surface area contributed by atoms with Gasteiger partial charge in [-0.15, -0.1) is 0 Å². The number of nitrogens with one attached hydrogen (secondary N) is 1. The topological polar surface area (TPSA) is 64.4 Å². The normalized spacial score (nSPS) is 12.7. The number of ether oxygens (including phenoxy) is 1. The third-order valence-corrected chi connectivity index (χ3v) is 3.30. The Morgan fingerprint density at radius 3 is 2.55 bits per heavy atom. The highest BCUT2D eigenvalue weighted by Crippen LogP contribution is 2.37. The predicted molar refractivity (Wildman–Crippen MR) is 77.2 cm³/mol. The van der Waals surface area contributed by atoms with Gasteiger partial charge in [0.2, 0.25) is 5.91 Å². The first kappa shape index (κ1) is 17.1. The van der Waals surface area contributed by atoms with Gasteiger partial charge in [-0.25, -0.2) is 0 Å². The molecular weight excluding hydrogens is 357 g/mol. The van der Waals surface area contributed by atoms with E-state index in [1.165, 1.54) is 12.1 Å². The second kappa shape index (κ2) is 7.19. The molecule has 0 heterocycles. The Balaban J connectivity index is 3.07. The predicted octanol–water partition coefficient (Wildman–Crippen LogP) is 3.63. The summed E-state index contributed by atoms with van der Waals surface area (Å²) in [6.07, 6.45) is 0. The van der Waals surface area contributed by atoms with Crippen molar-refractivity contribution in [2.24, 2.45) is 11.7 Å². The van der Waals surface area contributed by atoms with Crippen molar-refractivity contribution in [2.45, 2.75) is 26.5 Å². The van der Waals surface area contributed by atoms with Gasteiger partial charge in [0.1, 0.15) is 0 Å². The number of halogens is 4. The Morgan fingerprint density at radius 2 is 2.05 bits per heavy atom. The number of nitrogens with two attached hydrogens (primary N) is 1. The lowest BCUT2D eigenvalue weighted by atomic mass is 10.0. The van der Waals surface area contributed by atoms with Crippen LogP contribution in [0.5, 0.6) is 5.75 Å². The maximum absolute atomic E-state index is 12.4. The fraction of sp³-hybridized carbons (Fsp3) is 0.417. The van der Waals surface area contributed by atoms with Crippen molar-refractivity contribution in [2.75, 3.05) is 5.32 Å². The van der Waals surface area contributed by atoms with Crippen LogP contribution in [-0.4, -0.2) is 18.6 Å². The number of rotatable bonds is 5. The summed E-state index contributed by atoms with van der Waals surface area (Å²) in [5, 5.41) is 2.70. The van der Waals surface area contributed by atoms with E-state index in [-0.39, 0.29) is 26.9 Å². The Morgan fingerprint density at radius 1 is 1.45 bits per heavy atom. The quantitative estimate of drug-likeness (QED) is 0.831. The van der Waals surface area contributed by atoms with Gasteiger partial charge in [0.25, 0.3) is 0 Å². The van der Waals surface area contributed by atoms with Gasteiger partial charge >= 0.3 is 6.61 Å². The van der Waals surface area contributed by atoms with Crippen LogP contribution in [0.1, 0.15) is 13.8 Å². The molecule has 1 amide bonds. The summed E-state index contributed by atoms with van der Waals surface area (Å²) in [7, 11) is 0. The average Bonchev–Trinajstić information content (AvgIpc) is 2.31. The van der Waals surface area contributed by atoms with Gasteiger partial charge in [-0.1, -0.05) is 25.4 Å². The van der Waals surface area contributed by atoms with Gasteiger partial charge in [0.05, 0.1) is 16.2 Å².